The lowest BCUT2D eigenvalue weighted by molar-refractivity contribution is -0.137. The SMILES string of the molecule is O=C(O)CCCCCCCCC(Br)C(=O)O. The number of unbranched alkanes of at least 4 members (excludes halogenated alkanes) is 5. The minimum absolute atomic E-state index is 0.252. The number of carboxylic acids is 2. The van der Waals surface area contributed by atoms with Crippen molar-refractivity contribution in [1.29, 1.82) is 0 Å². The highest BCUT2D eigenvalue weighted by molar-refractivity contribution is 9.10. The molecule has 16 heavy (non-hydrogen) atoms. The lowest BCUT2D eigenvalue weighted by Crippen LogP contribution is -2.11. The fraction of sp³-hybridized carbons (Fsp3) is 0.818. The van der Waals surface area contributed by atoms with E-state index in [1.165, 1.54) is 0 Å². The molecule has 5 heteroatoms. The summed E-state index contributed by atoms with van der Waals surface area (Å²) in [5.74, 6) is -1.54. The van der Waals surface area contributed by atoms with Crippen LogP contribution in [-0.4, -0.2) is 27.0 Å². The monoisotopic (exact) mass is 294 g/mol. The number of alkyl halides is 1. The summed E-state index contributed by atoms with van der Waals surface area (Å²) >= 11 is 3.09. The normalized spacial score (nSPS) is 12.3. The van der Waals surface area contributed by atoms with E-state index in [0.29, 0.717) is 6.42 Å². The molecule has 0 radical (unpaired) electrons. The minimum atomic E-state index is -0.804. The first kappa shape index (κ1) is 15.4. The maximum absolute atomic E-state index is 10.5. The fourth-order valence-electron chi connectivity index (χ4n) is 1.43. The maximum Gasteiger partial charge on any atom is 0.317 e. The van der Waals surface area contributed by atoms with Gasteiger partial charge >= 0.3 is 11.9 Å². The van der Waals surface area contributed by atoms with Gasteiger partial charge in [-0.1, -0.05) is 48.0 Å². The summed E-state index contributed by atoms with van der Waals surface area (Å²) in [4.78, 5) is 20.2. The second-order valence-corrected chi connectivity index (χ2v) is 4.96. The first-order chi connectivity index (χ1) is 7.54. The molecule has 0 fully saturated rings. The van der Waals surface area contributed by atoms with Crippen molar-refractivity contribution in [2.24, 2.45) is 0 Å². The second kappa shape index (κ2) is 9.63. The molecule has 0 aromatic rings. The van der Waals surface area contributed by atoms with E-state index in [1.807, 2.05) is 0 Å². The van der Waals surface area contributed by atoms with Gasteiger partial charge in [0.15, 0.2) is 0 Å². The molecule has 0 aromatic carbocycles. The molecule has 0 bridgehead atoms. The lowest BCUT2D eigenvalue weighted by Gasteiger charge is -2.04. The zero-order chi connectivity index (χ0) is 12.4. The minimum Gasteiger partial charge on any atom is -0.481 e. The summed E-state index contributed by atoms with van der Waals surface area (Å²) in [5.41, 5.74) is 0. The Labute approximate surface area is 104 Å². The Morgan fingerprint density at radius 2 is 1.44 bits per heavy atom. The van der Waals surface area contributed by atoms with E-state index in [2.05, 4.69) is 15.9 Å². The van der Waals surface area contributed by atoms with Gasteiger partial charge in [0.05, 0.1) is 0 Å². The largest absolute Gasteiger partial charge is 0.481 e. The Kier molecular flexibility index (Phi) is 9.28. The fourth-order valence-corrected chi connectivity index (χ4v) is 1.75. The van der Waals surface area contributed by atoms with E-state index >= 15 is 0 Å². The van der Waals surface area contributed by atoms with Gasteiger partial charge in [-0.3, -0.25) is 9.59 Å². The standard InChI is InChI=1S/C11H19BrO4/c12-9(11(15)16)7-5-3-1-2-4-6-8-10(13)14/h9H,1-8H2,(H,13,14)(H,15,16). The third kappa shape index (κ3) is 9.96. The van der Waals surface area contributed by atoms with E-state index in [-0.39, 0.29) is 6.42 Å². The van der Waals surface area contributed by atoms with Crippen LogP contribution in [0.2, 0.25) is 0 Å². The zero-order valence-electron chi connectivity index (χ0n) is 9.32. The van der Waals surface area contributed by atoms with Crippen molar-refractivity contribution >= 4 is 27.9 Å². The van der Waals surface area contributed by atoms with E-state index in [0.717, 1.165) is 38.5 Å². The van der Waals surface area contributed by atoms with Crippen molar-refractivity contribution in [3.05, 3.63) is 0 Å². The molecular weight excluding hydrogens is 276 g/mol. The van der Waals surface area contributed by atoms with Crippen LogP contribution in [0.25, 0.3) is 0 Å². The van der Waals surface area contributed by atoms with Crippen LogP contribution < -0.4 is 0 Å². The predicted octanol–water partition coefficient (Wildman–Crippen LogP) is 3.04. The van der Waals surface area contributed by atoms with Crippen LogP contribution in [0.4, 0.5) is 0 Å². The summed E-state index contributed by atoms with van der Waals surface area (Å²) in [6, 6.07) is 0. The molecular formula is C11H19BrO4. The third-order valence-electron chi connectivity index (χ3n) is 2.37. The summed E-state index contributed by atoms with van der Waals surface area (Å²) in [6.45, 7) is 0. The van der Waals surface area contributed by atoms with Crippen LogP contribution in [-0.2, 0) is 9.59 Å². The maximum atomic E-state index is 10.5. The molecule has 0 saturated heterocycles. The average molecular weight is 295 g/mol. The van der Waals surface area contributed by atoms with Crippen molar-refractivity contribution in [1.82, 2.24) is 0 Å². The topological polar surface area (TPSA) is 74.6 Å². The molecule has 0 spiro atoms. The zero-order valence-corrected chi connectivity index (χ0v) is 10.9. The number of hydrogen-bond acceptors (Lipinski definition) is 2. The smallest absolute Gasteiger partial charge is 0.317 e. The van der Waals surface area contributed by atoms with Crippen molar-refractivity contribution in [3.63, 3.8) is 0 Å². The summed E-state index contributed by atoms with van der Waals surface area (Å²) in [5, 5.41) is 17.0. The molecule has 0 saturated carbocycles. The van der Waals surface area contributed by atoms with Crippen LogP contribution >= 0.6 is 15.9 Å². The molecule has 0 rings (SSSR count). The van der Waals surface area contributed by atoms with Crippen LogP contribution in [0.1, 0.15) is 51.4 Å². The van der Waals surface area contributed by atoms with Gasteiger partial charge in [0.25, 0.3) is 0 Å². The number of halogens is 1. The van der Waals surface area contributed by atoms with Gasteiger partial charge in [-0.25, -0.2) is 0 Å². The molecule has 0 aromatic heterocycles. The van der Waals surface area contributed by atoms with E-state index in [4.69, 9.17) is 10.2 Å². The van der Waals surface area contributed by atoms with E-state index < -0.39 is 16.8 Å². The van der Waals surface area contributed by atoms with Gasteiger partial charge < -0.3 is 10.2 Å². The third-order valence-corrected chi connectivity index (χ3v) is 3.22. The van der Waals surface area contributed by atoms with Crippen molar-refractivity contribution < 1.29 is 19.8 Å². The molecule has 4 nitrogen and oxygen atoms in total. The Bertz CT molecular complexity index is 218. The lowest BCUT2D eigenvalue weighted by atomic mass is 10.1. The Morgan fingerprint density at radius 1 is 0.938 bits per heavy atom. The van der Waals surface area contributed by atoms with Crippen molar-refractivity contribution in [2.75, 3.05) is 0 Å². The molecule has 0 heterocycles. The van der Waals surface area contributed by atoms with Gasteiger partial charge in [0, 0.05) is 6.42 Å². The summed E-state index contributed by atoms with van der Waals surface area (Å²) < 4.78 is 0. The first-order valence-electron chi connectivity index (χ1n) is 5.62. The molecule has 1 atom stereocenters. The highest BCUT2D eigenvalue weighted by Crippen LogP contribution is 2.13. The number of aliphatic carboxylic acids is 2. The van der Waals surface area contributed by atoms with Gasteiger partial charge in [-0.2, -0.15) is 0 Å². The molecule has 0 amide bonds. The van der Waals surface area contributed by atoms with Gasteiger partial charge in [0.2, 0.25) is 0 Å². The van der Waals surface area contributed by atoms with Gasteiger partial charge in [0.1, 0.15) is 4.83 Å². The highest BCUT2D eigenvalue weighted by atomic mass is 79.9. The van der Waals surface area contributed by atoms with Crippen LogP contribution in [0.5, 0.6) is 0 Å². The Balaban J connectivity index is 3.15. The molecule has 0 aliphatic rings. The molecule has 0 aliphatic carbocycles. The summed E-state index contributed by atoms with van der Waals surface area (Å²) in [6.07, 6.45) is 6.61. The Morgan fingerprint density at radius 3 is 1.94 bits per heavy atom. The predicted molar refractivity (Wildman–Crippen MR) is 64.9 cm³/mol. The number of rotatable bonds is 10. The van der Waals surface area contributed by atoms with Crippen LogP contribution in [0, 0.1) is 0 Å². The van der Waals surface area contributed by atoms with E-state index in [9.17, 15) is 9.59 Å². The average Bonchev–Trinajstić information content (AvgIpc) is 2.21. The quantitative estimate of drug-likeness (QED) is 0.480. The Hall–Kier alpha value is -0.580. The molecule has 2 N–H and O–H groups in total. The van der Waals surface area contributed by atoms with Crippen molar-refractivity contribution in [3.8, 4) is 0 Å². The van der Waals surface area contributed by atoms with Gasteiger partial charge in [-0.15, -0.1) is 0 Å². The summed E-state index contributed by atoms with van der Waals surface area (Å²) in [7, 11) is 0. The number of carboxylic acid groups (broad SMARTS) is 2. The van der Waals surface area contributed by atoms with Crippen LogP contribution in [0.3, 0.4) is 0 Å². The van der Waals surface area contributed by atoms with Gasteiger partial charge in [-0.05, 0) is 12.8 Å². The van der Waals surface area contributed by atoms with Crippen LogP contribution in [0.15, 0.2) is 0 Å². The second-order valence-electron chi connectivity index (χ2n) is 3.86. The molecule has 0 aliphatic heterocycles. The number of carbonyl (C=O) groups is 2. The molecule has 1 unspecified atom stereocenters. The number of hydrogen-bond donors (Lipinski definition) is 2. The first-order valence-corrected chi connectivity index (χ1v) is 6.54. The highest BCUT2D eigenvalue weighted by Gasteiger charge is 2.11. The van der Waals surface area contributed by atoms with Crippen molar-refractivity contribution in [2.45, 2.75) is 56.2 Å². The molecule has 94 valence electrons. The van der Waals surface area contributed by atoms with E-state index in [1.54, 1.807) is 0 Å².